The van der Waals surface area contributed by atoms with Crippen LogP contribution in [0.5, 0.6) is 0 Å². The van der Waals surface area contributed by atoms with Crippen LogP contribution in [0.1, 0.15) is 16.1 Å². The Morgan fingerprint density at radius 1 is 1.69 bits per heavy atom. The number of carbonyl (C=O) groups is 1. The van der Waals surface area contributed by atoms with Crippen LogP contribution in [-0.2, 0) is 4.74 Å². The summed E-state index contributed by atoms with van der Waals surface area (Å²) in [5, 5.41) is 0. The van der Waals surface area contributed by atoms with Crippen LogP contribution in [0.15, 0.2) is 16.7 Å². The molecule has 1 fully saturated rings. The maximum Gasteiger partial charge on any atom is 0.290 e. The molecular formula is C11H16N2O3. The van der Waals surface area contributed by atoms with Crippen molar-refractivity contribution in [2.45, 2.75) is 13.0 Å². The SMILES string of the molecule is Cc1ccoc1C(=O)N1CCOCC1CN. The van der Waals surface area contributed by atoms with Gasteiger partial charge >= 0.3 is 0 Å². The van der Waals surface area contributed by atoms with Gasteiger partial charge in [-0.1, -0.05) is 0 Å². The average molecular weight is 224 g/mol. The second-order valence-electron chi connectivity index (χ2n) is 3.90. The first-order chi connectivity index (χ1) is 7.74. The van der Waals surface area contributed by atoms with E-state index >= 15 is 0 Å². The van der Waals surface area contributed by atoms with E-state index in [1.165, 1.54) is 6.26 Å². The van der Waals surface area contributed by atoms with Crippen molar-refractivity contribution in [1.82, 2.24) is 4.90 Å². The highest BCUT2D eigenvalue weighted by Gasteiger charge is 2.29. The summed E-state index contributed by atoms with van der Waals surface area (Å²) in [6.07, 6.45) is 1.53. The molecule has 88 valence electrons. The third-order valence-electron chi connectivity index (χ3n) is 2.82. The van der Waals surface area contributed by atoms with Crippen LogP contribution in [0.4, 0.5) is 0 Å². The number of aryl methyl sites for hydroxylation is 1. The minimum absolute atomic E-state index is 0.0502. The summed E-state index contributed by atoms with van der Waals surface area (Å²) in [5.41, 5.74) is 6.47. The number of furan rings is 1. The highest BCUT2D eigenvalue weighted by Crippen LogP contribution is 2.15. The van der Waals surface area contributed by atoms with Crippen molar-refractivity contribution in [3.05, 3.63) is 23.7 Å². The molecule has 1 saturated heterocycles. The molecular weight excluding hydrogens is 208 g/mol. The Balaban J connectivity index is 2.17. The molecule has 0 bridgehead atoms. The Morgan fingerprint density at radius 3 is 3.12 bits per heavy atom. The van der Waals surface area contributed by atoms with Crippen molar-refractivity contribution in [2.24, 2.45) is 5.73 Å². The Labute approximate surface area is 94.1 Å². The predicted molar refractivity (Wildman–Crippen MR) is 58.1 cm³/mol. The van der Waals surface area contributed by atoms with Crippen LogP contribution in [0, 0.1) is 6.92 Å². The quantitative estimate of drug-likeness (QED) is 0.789. The zero-order chi connectivity index (χ0) is 11.5. The molecule has 0 saturated carbocycles. The monoisotopic (exact) mass is 224 g/mol. The molecule has 1 atom stereocenters. The summed E-state index contributed by atoms with van der Waals surface area (Å²) in [6.45, 7) is 3.89. The van der Waals surface area contributed by atoms with Gasteiger partial charge in [0.15, 0.2) is 5.76 Å². The van der Waals surface area contributed by atoms with Gasteiger partial charge in [0.05, 0.1) is 25.5 Å². The first-order valence-electron chi connectivity index (χ1n) is 5.37. The van der Waals surface area contributed by atoms with E-state index in [4.69, 9.17) is 14.9 Å². The normalized spacial score (nSPS) is 21.1. The van der Waals surface area contributed by atoms with Gasteiger partial charge in [-0.05, 0) is 13.0 Å². The fraction of sp³-hybridized carbons (Fsp3) is 0.545. The molecule has 5 nitrogen and oxygen atoms in total. The summed E-state index contributed by atoms with van der Waals surface area (Å²) in [5.74, 6) is 0.307. The van der Waals surface area contributed by atoms with Gasteiger partial charge in [-0.25, -0.2) is 0 Å². The molecule has 1 unspecified atom stereocenters. The Kier molecular flexibility index (Phi) is 3.26. The van der Waals surface area contributed by atoms with E-state index in [2.05, 4.69) is 0 Å². The number of morpholine rings is 1. The van der Waals surface area contributed by atoms with Crippen LogP contribution in [0.25, 0.3) is 0 Å². The molecule has 1 aromatic heterocycles. The van der Waals surface area contributed by atoms with Gasteiger partial charge < -0.3 is 19.8 Å². The standard InChI is InChI=1S/C11H16N2O3/c1-8-2-4-16-10(8)11(14)13-3-5-15-7-9(13)6-12/h2,4,9H,3,5-7,12H2,1H3. The van der Waals surface area contributed by atoms with E-state index in [-0.39, 0.29) is 11.9 Å². The van der Waals surface area contributed by atoms with Crippen molar-refractivity contribution in [3.63, 3.8) is 0 Å². The minimum atomic E-state index is -0.0961. The molecule has 5 heteroatoms. The number of nitrogens with two attached hydrogens (primary N) is 1. The van der Waals surface area contributed by atoms with Crippen LogP contribution in [-0.4, -0.2) is 43.2 Å². The summed E-state index contributed by atoms with van der Waals surface area (Å²) in [7, 11) is 0. The van der Waals surface area contributed by atoms with Gasteiger partial charge in [0.25, 0.3) is 5.91 Å². The van der Waals surface area contributed by atoms with Crippen LogP contribution >= 0.6 is 0 Å². The first-order valence-corrected chi connectivity index (χ1v) is 5.37. The molecule has 1 aromatic rings. The molecule has 16 heavy (non-hydrogen) atoms. The molecule has 2 N–H and O–H groups in total. The lowest BCUT2D eigenvalue weighted by Gasteiger charge is -2.34. The Hall–Kier alpha value is -1.33. The second-order valence-corrected chi connectivity index (χ2v) is 3.90. The number of rotatable bonds is 2. The fourth-order valence-corrected chi connectivity index (χ4v) is 1.84. The number of hydrogen-bond donors (Lipinski definition) is 1. The number of carbonyl (C=O) groups excluding carboxylic acids is 1. The molecule has 2 heterocycles. The highest BCUT2D eigenvalue weighted by atomic mass is 16.5. The van der Waals surface area contributed by atoms with Crippen molar-refractivity contribution in [2.75, 3.05) is 26.3 Å². The molecule has 1 aliphatic rings. The second kappa shape index (κ2) is 4.67. The van der Waals surface area contributed by atoms with Crippen molar-refractivity contribution in [1.29, 1.82) is 0 Å². The summed E-state index contributed by atoms with van der Waals surface area (Å²) in [4.78, 5) is 13.9. The minimum Gasteiger partial charge on any atom is -0.459 e. The number of ether oxygens (including phenoxy) is 1. The maximum absolute atomic E-state index is 12.2. The van der Waals surface area contributed by atoms with Crippen LogP contribution in [0.2, 0.25) is 0 Å². The van der Waals surface area contributed by atoms with Gasteiger partial charge in [-0.3, -0.25) is 4.79 Å². The van der Waals surface area contributed by atoms with Gasteiger partial charge in [0.1, 0.15) is 0 Å². The zero-order valence-electron chi connectivity index (χ0n) is 9.31. The third-order valence-corrected chi connectivity index (χ3v) is 2.82. The van der Waals surface area contributed by atoms with Crippen molar-refractivity contribution < 1.29 is 13.9 Å². The lowest BCUT2D eigenvalue weighted by Crippen LogP contribution is -2.52. The first kappa shape index (κ1) is 11.2. The Morgan fingerprint density at radius 2 is 2.50 bits per heavy atom. The number of hydrogen-bond acceptors (Lipinski definition) is 4. The molecule has 0 aliphatic carbocycles. The van der Waals surface area contributed by atoms with E-state index < -0.39 is 0 Å². The fourth-order valence-electron chi connectivity index (χ4n) is 1.84. The predicted octanol–water partition coefficient (Wildman–Crippen LogP) is 0.388. The number of nitrogens with zero attached hydrogens (tertiary/aromatic N) is 1. The van der Waals surface area contributed by atoms with Gasteiger partial charge in [0, 0.05) is 18.7 Å². The topological polar surface area (TPSA) is 68.7 Å². The smallest absolute Gasteiger partial charge is 0.290 e. The summed E-state index contributed by atoms with van der Waals surface area (Å²) < 4.78 is 10.5. The largest absolute Gasteiger partial charge is 0.459 e. The van der Waals surface area contributed by atoms with Gasteiger partial charge in [-0.15, -0.1) is 0 Å². The van der Waals surface area contributed by atoms with E-state index in [9.17, 15) is 4.79 Å². The summed E-state index contributed by atoms with van der Waals surface area (Å²) in [6, 6.07) is 1.73. The highest BCUT2D eigenvalue weighted by molar-refractivity contribution is 5.93. The van der Waals surface area contributed by atoms with Crippen molar-refractivity contribution >= 4 is 5.91 Å². The lowest BCUT2D eigenvalue weighted by atomic mass is 10.2. The average Bonchev–Trinajstić information content (AvgIpc) is 2.74. The molecule has 1 amide bonds. The van der Waals surface area contributed by atoms with E-state index in [1.54, 1.807) is 11.0 Å². The molecule has 0 aromatic carbocycles. The summed E-state index contributed by atoms with van der Waals surface area (Å²) >= 11 is 0. The zero-order valence-corrected chi connectivity index (χ0v) is 9.31. The van der Waals surface area contributed by atoms with Gasteiger partial charge in [0.2, 0.25) is 0 Å². The molecule has 0 spiro atoms. The third kappa shape index (κ3) is 1.96. The van der Waals surface area contributed by atoms with E-state index in [0.717, 1.165) is 5.56 Å². The van der Waals surface area contributed by atoms with Crippen LogP contribution < -0.4 is 5.73 Å². The maximum atomic E-state index is 12.2. The van der Waals surface area contributed by atoms with Crippen molar-refractivity contribution in [3.8, 4) is 0 Å². The molecule has 1 aliphatic heterocycles. The van der Waals surface area contributed by atoms with E-state index in [1.807, 2.05) is 6.92 Å². The van der Waals surface area contributed by atoms with E-state index in [0.29, 0.717) is 32.1 Å². The van der Waals surface area contributed by atoms with Crippen LogP contribution in [0.3, 0.4) is 0 Å². The lowest BCUT2D eigenvalue weighted by molar-refractivity contribution is -0.000801. The number of amides is 1. The molecule has 2 rings (SSSR count). The molecule has 0 radical (unpaired) electrons. The van der Waals surface area contributed by atoms with Gasteiger partial charge in [-0.2, -0.15) is 0 Å². The Bertz CT molecular complexity index is 375.